The Hall–Kier alpha value is -1.81. The smallest absolute Gasteiger partial charge is 0.330 e. The summed E-state index contributed by atoms with van der Waals surface area (Å²) in [6, 6.07) is 9.40. The van der Waals surface area contributed by atoms with Crippen LogP contribution in [0.15, 0.2) is 43.0 Å². The average molecular weight is 250 g/mol. The molecule has 1 N–H and O–H groups in total. The van der Waals surface area contributed by atoms with Gasteiger partial charge in [-0.1, -0.05) is 24.8 Å². The van der Waals surface area contributed by atoms with Crippen LogP contribution in [-0.2, 0) is 9.53 Å². The summed E-state index contributed by atoms with van der Waals surface area (Å²) in [5, 5.41) is 8.88. The van der Waals surface area contributed by atoms with Gasteiger partial charge in [-0.05, 0) is 12.1 Å². The normalized spacial score (nSPS) is 11.6. The highest BCUT2D eigenvalue weighted by Gasteiger charge is 2.12. The van der Waals surface area contributed by atoms with E-state index in [4.69, 9.17) is 14.6 Å². The van der Waals surface area contributed by atoms with Crippen molar-refractivity contribution in [2.24, 2.45) is 0 Å². The van der Waals surface area contributed by atoms with E-state index in [-0.39, 0.29) is 12.7 Å². The third kappa shape index (κ3) is 5.50. The van der Waals surface area contributed by atoms with E-state index in [0.29, 0.717) is 19.4 Å². The molecule has 0 heterocycles. The maximum atomic E-state index is 11.1. The number of hydrogen-bond acceptors (Lipinski definition) is 4. The Morgan fingerprint density at radius 2 is 2.06 bits per heavy atom. The van der Waals surface area contributed by atoms with Crippen molar-refractivity contribution >= 4 is 5.97 Å². The Morgan fingerprint density at radius 3 is 2.67 bits per heavy atom. The molecule has 1 aromatic rings. The molecule has 0 fully saturated rings. The molecule has 4 nitrogen and oxygen atoms in total. The third-order valence-corrected chi connectivity index (χ3v) is 2.35. The van der Waals surface area contributed by atoms with Crippen molar-refractivity contribution in [1.29, 1.82) is 0 Å². The van der Waals surface area contributed by atoms with Crippen molar-refractivity contribution in [1.82, 2.24) is 0 Å². The van der Waals surface area contributed by atoms with Crippen molar-refractivity contribution in [3.05, 3.63) is 43.0 Å². The number of carbonyl (C=O) groups excluding carboxylic acids is 1. The molecule has 98 valence electrons. The summed E-state index contributed by atoms with van der Waals surface area (Å²) in [5.41, 5.74) is 0. The highest BCUT2D eigenvalue weighted by Crippen LogP contribution is 2.11. The van der Waals surface area contributed by atoms with Crippen LogP contribution in [0.2, 0.25) is 0 Å². The molecular formula is C14H18O4. The molecular weight excluding hydrogens is 232 g/mol. The maximum absolute atomic E-state index is 11.1. The predicted molar refractivity (Wildman–Crippen MR) is 68.3 cm³/mol. The van der Waals surface area contributed by atoms with Crippen LogP contribution in [-0.4, -0.2) is 30.4 Å². The van der Waals surface area contributed by atoms with Gasteiger partial charge in [-0.25, -0.2) is 4.79 Å². The number of para-hydroxylation sites is 1. The predicted octanol–water partition coefficient (Wildman–Crippen LogP) is 1.94. The lowest BCUT2D eigenvalue weighted by Crippen LogP contribution is -2.21. The second-order valence-electron chi connectivity index (χ2n) is 3.73. The minimum Gasteiger partial charge on any atom is -0.493 e. The summed E-state index contributed by atoms with van der Waals surface area (Å²) in [4.78, 5) is 11.1. The number of aliphatic hydroxyl groups is 1. The molecule has 0 bridgehead atoms. The summed E-state index contributed by atoms with van der Waals surface area (Å²) in [6.45, 7) is 3.74. The third-order valence-electron chi connectivity index (χ3n) is 2.35. The van der Waals surface area contributed by atoms with E-state index in [2.05, 4.69) is 6.58 Å². The first-order valence-electron chi connectivity index (χ1n) is 5.88. The fraction of sp³-hybridized carbons (Fsp3) is 0.357. The molecule has 1 unspecified atom stereocenters. The van der Waals surface area contributed by atoms with Crippen LogP contribution in [0.5, 0.6) is 5.75 Å². The minimum absolute atomic E-state index is 0.0274. The zero-order chi connectivity index (χ0) is 13.2. The van der Waals surface area contributed by atoms with Gasteiger partial charge in [0, 0.05) is 25.5 Å². The fourth-order valence-electron chi connectivity index (χ4n) is 1.44. The van der Waals surface area contributed by atoms with Gasteiger partial charge in [0.25, 0.3) is 0 Å². The lowest BCUT2D eigenvalue weighted by atomic mass is 10.2. The molecule has 0 saturated heterocycles. The second kappa shape index (κ2) is 8.31. The fourth-order valence-corrected chi connectivity index (χ4v) is 1.44. The molecule has 4 heteroatoms. The standard InChI is InChI=1S/C14H18O4/c1-2-14(16)18-13(8-10-15)9-11-17-12-6-4-3-5-7-12/h2-7,13,15H,1,8-11H2. The van der Waals surface area contributed by atoms with Gasteiger partial charge in [0.1, 0.15) is 11.9 Å². The molecule has 0 saturated carbocycles. The number of aliphatic hydroxyl groups excluding tert-OH is 1. The van der Waals surface area contributed by atoms with Crippen LogP contribution >= 0.6 is 0 Å². The van der Waals surface area contributed by atoms with Crippen LogP contribution < -0.4 is 4.74 Å². The van der Waals surface area contributed by atoms with E-state index in [1.807, 2.05) is 30.3 Å². The van der Waals surface area contributed by atoms with Crippen molar-refractivity contribution in [3.8, 4) is 5.75 Å². The molecule has 0 aliphatic rings. The van der Waals surface area contributed by atoms with Gasteiger partial charge in [0.05, 0.1) is 6.61 Å². The van der Waals surface area contributed by atoms with E-state index in [0.717, 1.165) is 11.8 Å². The Morgan fingerprint density at radius 1 is 1.33 bits per heavy atom. The number of carbonyl (C=O) groups is 1. The topological polar surface area (TPSA) is 55.8 Å². The summed E-state index contributed by atoms with van der Waals surface area (Å²) < 4.78 is 10.6. The van der Waals surface area contributed by atoms with E-state index in [1.54, 1.807) is 0 Å². The molecule has 0 aromatic heterocycles. The molecule has 0 aliphatic carbocycles. The molecule has 0 amide bonds. The van der Waals surface area contributed by atoms with Gasteiger partial charge < -0.3 is 14.6 Å². The zero-order valence-corrected chi connectivity index (χ0v) is 10.2. The van der Waals surface area contributed by atoms with Gasteiger partial charge >= 0.3 is 5.97 Å². The first-order chi connectivity index (χ1) is 8.76. The molecule has 1 rings (SSSR count). The highest BCUT2D eigenvalue weighted by atomic mass is 16.5. The summed E-state index contributed by atoms with van der Waals surface area (Å²) in [7, 11) is 0. The van der Waals surface area contributed by atoms with Gasteiger partial charge in [0.2, 0.25) is 0 Å². The van der Waals surface area contributed by atoms with E-state index in [9.17, 15) is 4.79 Å². The summed E-state index contributed by atoms with van der Waals surface area (Å²) >= 11 is 0. The highest BCUT2D eigenvalue weighted by molar-refractivity contribution is 5.81. The number of rotatable bonds is 8. The Bertz CT molecular complexity index is 361. The molecule has 1 aromatic carbocycles. The average Bonchev–Trinajstić information content (AvgIpc) is 2.40. The molecule has 18 heavy (non-hydrogen) atoms. The van der Waals surface area contributed by atoms with Crippen LogP contribution in [0.4, 0.5) is 0 Å². The van der Waals surface area contributed by atoms with Crippen molar-refractivity contribution in [3.63, 3.8) is 0 Å². The van der Waals surface area contributed by atoms with Crippen LogP contribution in [0.3, 0.4) is 0 Å². The molecule has 0 aliphatic heterocycles. The van der Waals surface area contributed by atoms with Crippen LogP contribution in [0, 0.1) is 0 Å². The number of esters is 1. The van der Waals surface area contributed by atoms with Crippen molar-refractivity contribution in [2.45, 2.75) is 18.9 Å². The molecule has 0 radical (unpaired) electrons. The van der Waals surface area contributed by atoms with Gasteiger partial charge in [-0.3, -0.25) is 0 Å². The maximum Gasteiger partial charge on any atom is 0.330 e. The molecule has 1 atom stereocenters. The SMILES string of the molecule is C=CC(=O)OC(CCO)CCOc1ccccc1. The molecule has 0 spiro atoms. The van der Waals surface area contributed by atoms with E-state index < -0.39 is 5.97 Å². The van der Waals surface area contributed by atoms with Crippen molar-refractivity contribution < 1.29 is 19.4 Å². The van der Waals surface area contributed by atoms with Gasteiger partial charge in [-0.2, -0.15) is 0 Å². The first kappa shape index (κ1) is 14.3. The summed E-state index contributed by atoms with van der Waals surface area (Å²) in [6.07, 6.45) is 1.71. The van der Waals surface area contributed by atoms with Gasteiger partial charge in [-0.15, -0.1) is 0 Å². The minimum atomic E-state index is -0.479. The van der Waals surface area contributed by atoms with E-state index in [1.165, 1.54) is 0 Å². The lowest BCUT2D eigenvalue weighted by molar-refractivity contribution is -0.144. The van der Waals surface area contributed by atoms with E-state index >= 15 is 0 Å². The zero-order valence-electron chi connectivity index (χ0n) is 10.2. The Kier molecular flexibility index (Phi) is 6.58. The van der Waals surface area contributed by atoms with Crippen LogP contribution in [0.25, 0.3) is 0 Å². The largest absolute Gasteiger partial charge is 0.493 e. The Labute approximate surface area is 107 Å². The van der Waals surface area contributed by atoms with Gasteiger partial charge in [0.15, 0.2) is 0 Å². The number of hydrogen-bond donors (Lipinski definition) is 1. The number of benzene rings is 1. The second-order valence-corrected chi connectivity index (χ2v) is 3.73. The number of ether oxygens (including phenoxy) is 2. The van der Waals surface area contributed by atoms with Crippen LogP contribution in [0.1, 0.15) is 12.8 Å². The Balaban J connectivity index is 2.33. The quantitative estimate of drug-likeness (QED) is 0.566. The first-order valence-corrected chi connectivity index (χ1v) is 5.88. The van der Waals surface area contributed by atoms with Crippen molar-refractivity contribution in [2.75, 3.05) is 13.2 Å². The summed E-state index contributed by atoms with van der Waals surface area (Å²) in [5.74, 6) is 0.295. The lowest BCUT2D eigenvalue weighted by Gasteiger charge is -2.16. The monoisotopic (exact) mass is 250 g/mol.